The molecule has 0 bridgehead atoms. The molecular formula is C18H20N6O3. The van der Waals surface area contributed by atoms with Crippen molar-refractivity contribution in [3.8, 4) is 0 Å². The maximum absolute atomic E-state index is 12.1. The number of hydrogen-bond donors (Lipinski definition) is 1. The number of nitro groups is 1. The number of hydrogen-bond acceptors (Lipinski definition) is 5. The zero-order valence-electron chi connectivity index (χ0n) is 15.1. The third-order valence-electron chi connectivity index (χ3n) is 4.16. The number of aryl methyl sites for hydroxylation is 2. The summed E-state index contributed by atoms with van der Waals surface area (Å²) in [5.41, 5.74) is 2.69. The van der Waals surface area contributed by atoms with Gasteiger partial charge in [0.25, 0.3) is 0 Å². The monoisotopic (exact) mass is 368 g/mol. The summed E-state index contributed by atoms with van der Waals surface area (Å²) >= 11 is 0. The Bertz CT molecular complexity index is 975. The first-order valence-corrected chi connectivity index (χ1v) is 8.48. The quantitative estimate of drug-likeness (QED) is 0.509. The van der Waals surface area contributed by atoms with Gasteiger partial charge in [0.15, 0.2) is 5.82 Å². The van der Waals surface area contributed by atoms with Crippen LogP contribution in [-0.2, 0) is 17.9 Å². The fourth-order valence-electron chi connectivity index (χ4n) is 2.77. The molecule has 3 aromatic rings. The molecule has 1 amide bonds. The SMILES string of the molecule is Cc1cccc(Cn2ccc(NC(=O)CCn3ncc([N+](=O)[O-])c3C)n2)c1. The molecule has 27 heavy (non-hydrogen) atoms. The van der Waals surface area contributed by atoms with E-state index in [2.05, 4.69) is 21.6 Å². The van der Waals surface area contributed by atoms with Gasteiger partial charge >= 0.3 is 5.69 Å². The zero-order valence-corrected chi connectivity index (χ0v) is 15.1. The number of benzene rings is 1. The fraction of sp³-hybridized carbons (Fsp3) is 0.278. The molecule has 0 fully saturated rings. The van der Waals surface area contributed by atoms with E-state index < -0.39 is 4.92 Å². The lowest BCUT2D eigenvalue weighted by atomic mass is 10.1. The molecule has 9 heteroatoms. The van der Waals surface area contributed by atoms with Crippen molar-refractivity contribution in [3.05, 3.63) is 69.7 Å². The number of rotatable bonds is 7. The smallest absolute Gasteiger partial charge is 0.309 e. The highest BCUT2D eigenvalue weighted by atomic mass is 16.6. The van der Waals surface area contributed by atoms with Gasteiger partial charge < -0.3 is 5.32 Å². The van der Waals surface area contributed by atoms with Crippen LogP contribution < -0.4 is 5.32 Å². The Morgan fingerprint density at radius 1 is 1.30 bits per heavy atom. The number of nitrogens with one attached hydrogen (secondary N) is 1. The van der Waals surface area contributed by atoms with Gasteiger partial charge in [-0.3, -0.25) is 24.3 Å². The molecule has 0 aliphatic rings. The van der Waals surface area contributed by atoms with E-state index in [0.717, 1.165) is 5.56 Å². The molecule has 2 aromatic heterocycles. The van der Waals surface area contributed by atoms with E-state index in [1.165, 1.54) is 16.4 Å². The molecule has 1 N–H and O–H groups in total. The van der Waals surface area contributed by atoms with Crippen molar-refractivity contribution in [2.24, 2.45) is 0 Å². The Hall–Kier alpha value is -3.49. The first-order valence-electron chi connectivity index (χ1n) is 8.48. The average Bonchev–Trinajstić information content (AvgIpc) is 3.19. The van der Waals surface area contributed by atoms with Gasteiger partial charge in [-0.2, -0.15) is 10.2 Å². The number of carbonyl (C=O) groups excluding carboxylic acids is 1. The lowest BCUT2D eigenvalue weighted by Crippen LogP contribution is -2.16. The zero-order chi connectivity index (χ0) is 19.4. The van der Waals surface area contributed by atoms with Gasteiger partial charge in [0.1, 0.15) is 11.9 Å². The van der Waals surface area contributed by atoms with Crippen molar-refractivity contribution >= 4 is 17.4 Å². The Morgan fingerprint density at radius 2 is 2.11 bits per heavy atom. The number of anilines is 1. The molecule has 2 heterocycles. The van der Waals surface area contributed by atoms with Crippen LogP contribution in [0.25, 0.3) is 0 Å². The summed E-state index contributed by atoms with van der Waals surface area (Å²) < 4.78 is 3.21. The minimum Gasteiger partial charge on any atom is -0.309 e. The molecule has 0 saturated carbocycles. The molecule has 0 radical (unpaired) electrons. The van der Waals surface area contributed by atoms with E-state index in [-0.39, 0.29) is 24.6 Å². The molecule has 3 rings (SSSR count). The molecule has 0 aliphatic carbocycles. The summed E-state index contributed by atoms with van der Waals surface area (Å²) in [5, 5.41) is 21.9. The minimum absolute atomic E-state index is 0.0506. The van der Waals surface area contributed by atoms with Crippen LogP contribution in [0, 0.1) is 24.0 Å². The van der Waals surface area contributed by atoms with E-state index in [0.29, 0.717) is 18.1 Å². The topological polar surface area (TPSA) is 108 Å². The van der Waals surface area contributed by atoms with Crippen molar-refractivity contribution in [2.75, 3.05) is 5.32 Å². The van der Waals surface area contributed by atoms with E-state index >= 15 is 0 Å². The van der Waals surface area contributed by atoms with Gasteiger partial charge in [-0.15, -0.1) is 0 Å². The summed E-state index contributed by atoms with van der Waals surface area (Å²) in [7, 11) is 0. The summed E-state index contributed by atoms with van der Waals surface area (Å²) in [6.45, 7) is 4.52. The van der Waals surface area contributed by atoms with Crippen molar-refractivity contribution in [3.63, 3.8) is 0 Å². The highest BCUT2D eigenvalue weighted by Gasteiger charge is 2.16. The average molecular weight is 368 g/mol. The fourth-order valence-corrected chi connectivity index (χ4v) is 2.77. The third-order valence-corrected chi connectivity index (χ3v) is 4.16. The van der Waals surface area contributed by atoms with Crippen molar-refractivity contribution in [2.45, 2.75) is 33.4 Å². The Balaban J connectivity index is 1.54. The highest BCUT2D eigenvalue weighted by molar-refractivity contribution is 5.89. The van der Waals surface area contributed by atoms with Gasteiger partial charge in [0.2, 0.25) is 5.91 Å². The molecule has 0 aliphatic heterocycles. The van der Waals surface area contributed by atoms with Gasteiger partial charge in [-0.05, 0) is 19.4 Å². The van der Waals surface area contributed by atoms with Crippen molar-refractivity contribution in [1.82, 2.24) is 19.6 Å². The minimum atomic E-state index is -0.486. The van der Waals surface area contributed by atoms with Crippen molar-refractivity contribution < 1.29 is 9.72 Å². The van der Waals surface area contributed by atoms with Gasteiger partial charge in [-0.25, -0.2) is 0 Å². The summed E-state index contributed by atoms with van der Waals surface area (Å²) in [6, 6.07) is 9.88. The normalized spacial score (nSPS) is 10.7. The number of amides is 1. The Labute approximate surface area is 155 Å². The van der Waals surface area contributed by atoms with Crippen LogP contribution in [0.1, 0.15) is 23.2 Å². The van der Waals surface area contributed by atoms with Crippen LogP contribution in [0.15, 0.2) is 42.7 Å². The van der Waals surface area contributed by atoms with Gasteiger partial charge in [0, 0.05) is 18.7 Å². The second-order valence-corrected chi connectivity index (χ2v) is 6.28. The van der Waals surface area contributed by atoms with Crippen LogP contribution in [0.2, 0.25) is 0 Å². The third kappa shape index (κ3) is 4.57. The van der Waals surface area contributed by atoms with Gasteiger partial charge in [-0.1, -0.05) is 29.8 Å². The number of carbonyl (C=O) groups is 1. The molecule has 0 unspecified atom stereocenters. The predicted octanol–water partition coefficient (Wildman–Crippen LogP) is 2.68. The summed E-state index contributed by atoms with van der Waals surface area (Å²) in [4.78, 5) is 22.5. The van der Waals surface area contributed by atoms with Crippen LogP contribution >= 0.6 is 0 Å². The van der Waals surface area contributed by atoms with Crippen LogP contribution in [-0.4, -0.2) is 30.4 Å². The standard InChI is InChI=1S/C18H20N6O3/c1-13-4-3-5-15(10-13)12-22-8-6-17(21-22)20-18(25)7-9-23-14(2)16(11-19-23)24(26)27/h3-6,8,10-11H,7,9,12H2,1-2H3,(H,20,21,25). The van der Waals surface area contributed by atoms with Crippen molar-refractivity contribution in [1.29, 1.82) is 0 Å². The van der Waals surface area contributed by atoms with Crippen LogP contribution in [0.5, 0.6) is 0 Å². The lowest BCUT2D eigenvalue weighted by Gasteiger charge is -2.05. The molecule has 0 atom stereocenters. The Morgan fingerprint density at radius 3 is 2.81 bits per heavy atom. The summed E-state index contributed by atoms with van der Waals surface area (Å²) in [5.74, 6) is 0.240. The van der Waals surface area contributed by atoms with Crippen LogP contribution in [0.4, 0.5) is 11.5 Å². The second kappa shape index (κ2) is 7.81. The summed E-state index contributed by atoms with van der Waals surface area (Å²) in [6.07, 6.45) is 3.14. The number of nitrogens with zero attached hydrogens (tertiary/aromatic N) is 5. The van der Waals surface area contributed by atoms with Gasteiger partial charge in [0.05, 0.1) is 18.0 Å². The van der Waals surface area contributed by atoms with Crippen LogP contribution in [0.3, 0.4) is 0 Å². The lowest BCUT2D eigenvalue weighted by molar-refractivity contribution is -0.385. The molecule has 0 spiro atoms. The first kappa shape index (κ1) is 18.3. The van der Waals surface area contributed by atoms with E-state index in [1.807, 2.05) is 25.1 Å². The van der Waals surface area contributed by atoms with E-state index in [4.69, 9.17) is 0 Å². The molecule has 9 nitrogen and oxygen atoms in total. The molecule has 1 aromatic carbocycles. The molecule has 0 saturated heterocycles. The molecule has 140 valence electrons. The maximum Gasteiger partial charge on any atom is 0.309 e. The first-order chi connectivity index (χ1) is 12.9. The van der Waals surface area contributed by atoms with E-state index in [9.17, 15) is 14.9 Å². The van der Waals surface area contributed by atoms with E-state index in [1.54, 1.807) is 23.9 Å². The Kier molecular flexibility index (Phi) is 5.30. The second-order valence-electron chi connectivity index (χ2n) is 6.28. The predicted molar refractivity (Wildman–Crippen MR) is 99.4 cm³/mol. The highest BCUT2D eigenvalue weighted by Crippen LogP contribution is 2.16. The number of aromatic nitrogens is 4. The largest absolute Gasteiger partial charge is 0.309 e. The maximum atomic E-state index is 12.1. The molecular weight excluding hydrogens is 348 g/mol.